The second-order valence-corrected chi connectivity index (χ2v) is 8.64. The van der Waals surface area contributed by atoms with Crippen molar-refractivity contribution in [1.29, 1.82) is 0 Å². The van der Waals surface area contributed by atoms with Gasteiger partial charge in [0.25, 0.3) is 0 Å². The molecule has 150 valence electrons. The first-order chi connectivity index (χ1) is 12.5. The standard InChI is InChI=1S/C20H33N5O2/c1-13(2)17-21-14(3)12-16(23-17)24-8-10-25(11-9-24)18(26)15(4)22-19(27)20(5,6)7/h12-13,15H,8-11H2,1-7H3,(H,22,27). The molecule has 1 aliphatic heterocycles. The third-order valence-corrected chi connectivity index (χ3v) is 4.69. The maximum atomic E-state index is 12.7. The van der Waals surface area contributed by atoms with Crippen molar-refractivity contribution in [2.45, 2.75) is 60.4 Å². The van der Waals surface area contributed by atoms with Crippen molar-refractivity contribution in [3.63, 3.8) is 0 Å². The molecule has 0 aromatic carbocycles. The Kier molecular flexibility index (Phi) is 6.44. The van der Waals surface area contributed by atoms with Crippen LogP contribution in [0.25, 0.3) is 0 Å². The van der Waals surface area contributed by atoms with Crippen LogP contribution in [0.5, 0.6) is 0 Å². The van der Waals surface area contributed by atoms with Crippen LogP contribution in [-0.4, -0.2) is 58.9 Å². The van der Waals surface area contributed by atoms with Crippen molar-refractivity contribution < 1.29 is 9.59 Å². The summed E-state index contributed by atoms with van der Waals surface area (Å²) in [5.74, 6) is 1.90. The van der Waals surface area contributed by atoms with E-state index in [0.29, 0.717) is 13.1 Å². The molecule has 1 aliphatic rings. The fraction of sp³-hybridized carbons (Fsp3) is 0.700. The second-order valence-electron chi connectivity index (χ2n) is 8.64. The molecule has 2 rings (SSSR count). The van der Waals surface area contributed by atoms with Crippen molar-refractivity contribution in [2.24, 2.45) is 5.41 Å². The Morgan fingerprint density at radius 3 is 2.19 bits per heavy atom. The summed E-state index contributed by atoms with van der Waals surface area (Å²) in [5, 5.41) is 2.82. The van der Waals surface area contributed by atoms with Gasteiger partial charge in [-0.1, -0.05) is 34.6 Å². The summed E-state index contributed by atoms with van der Waals surface area (Å²) in [4.78, 5) is 38.0. The third kappa shape index (κ3) is 5.40. The maximum absolute atomic E-state index is 12.7. The molecule has 1 aromatic rings. The minimum atomic E-state index is -0.517. The van der Waals surface area contributed by atoms with E-state index in [1.807, 2.05) is 38.7 Å². The minimum Gasteiger partial charge on any atom is -0.353 e. The lowest BCUT2D eigenvalue weighted by atomic mass is 9.95. The van der Waals surface area contributed by atoms with Gasteiger partial charge in [0.15, 0.2) is 0 Å². The Labute approximate surface area is 162 Å². The summed E-state index contributed by atoms with van der Waals surface area (Å²) >= 11 is 0. The maximum Gasteiger partial charge on any atom is 0.244 e. The second kappa shape index (κ2) is 8.23. The van der Waals surface area contributed by atoms with Crippen LogP contribution in [0.3, 0.4) is 0 Å². The number of hydrogen-bond acceptors (Lipinski definition) is 5. The largest absolute Gasteiger partial charge is 0.353 e. The average Bonchev–Trinajstić information content (AvgIpc) is 2.59. The highest BCUT2D eigenvalue weighted by atomic mass is 16.2. The average molecular weight is 376 g/mol. The Balaban J connectivity index is 1.97. The molecule has 7 nitrogen and oxygen atoms in total. The van der Waals surface area contributed by atoms with E-state index in [2.05, 4.69) is 34.0 Å². The SMILES string of the molecule is Cc1cc(N2CCN(C(=O)C(C)NC(=O)C(C)(C)C)CC2)nc(C(C)C)n1. The first kappa shape index (κ1) is 21.1. The Hall–Kier alpha value is -2.18. The minimum absolute atomic E-state index is 0.0333. The van der Waals surface area contributed by atoms with Gasteiger partial charge < -0.3 is 15.1 Å². The molecule has 1 saturated heterocycles. The van der Waals surface area contributed by atoms with Gasteiger partial charge in [0.1, 0.15) is 17.7 Å². The number of piperazine rings is 1. The molecular formula is C20H33N5O2. The Bertz CT molecular complexity index is 688. The number of rotatable bonds is 4. The zero-order chi connectivity index (χ0) is 20.4. The molecule has 7 heteroatoms. The normalized spacial score (nSPS) is 16.4. The molecule has 1 unspecified atom stereocenters. The van der Waals surface area contributed by atoms with Crippen molar-refractivity contribution in [2.75, 3.05) is 31.1 Å². The van der Waals surface area contributed by atoms with Crippen LogP contribution in [0, 0.1) is 12.3 Å². The van der Waals surface area contributed by atoms with Gasteiger partial charge in [-0.15, -0.1) is 0 Å². The van der Waals surface area contributed by atoms with Crippen LogP contribution in [0.1, 0.15) is 59.0 Å². The van der Waals surface area contributed by atoms with E-state index in [1.54, 1.807) is 6.92 Å². The van der Waals surface area contributed by atoms with Gasteiger partial charge in [-0.25, -0.2) is 9.97 Å². The first-order valence-corrected chi connectivity index (χ1v) is 9.69. The quantitative estimate of drug-likeness (QED) is 0.872. The van der Waals surface area contributed by atoms with Crippen LogP contribution in [0.4, 0.5) is 5.82 Å². The fourth-order valence-corrected chi connectivity index (χ4v) is 2.90. The molecule has 1 N–H and O–H groups in total. The van der Waals surface area contributed by atoms with E-state index in [4.69, 9.17) is 0 Å². The first-order valence-electron chi connectivity index (χ1n) is 9.69. The number of carbonyl (C=O) groups is 2. The monoisotopic (exact) mass is 375 g/mol. The van der Waals surface area contributed by atoms with E-state index in [-0.39, 0.29) is 17.7 Å². The number of aromatic nitrogens is 2. The summed E-state index contributed by atoms with van der Waals surface area (Å²) in [6, 6.07) is 1.48. The smallest absolute Gasteiger partial charge is 0.244 e. The summed E-state index contributed by atoms with van der Waals surface area (Å²) < 4.78 is 0. The molecule has 0 aliphatic carbocycles. The van der Waals surface area contributed by atoms with Crippen LogP contribution in [-0.2, 0) is 9.59 Å². The molecule has 1 aromatic heterocycles. The van der Waals surface area contributed by atoms with Gasteiger partial charge in [-0.2, -0.15) is 0 Å². The molecule has 27 heavy (non-hydrogen) atoms. The zero-order valence-corrected chi connectivity index (χ0v) is 17.7. The van der Waals surface area contributed by atoms with Gasteiger partial charge in [0.2, 0.25) is 11.8 Å². The summed E-state index contributed by atoms with van der Waals surface area (Å²) in [7, 11) is 0. The number of anilines is 1. The number of aryl methyl sites for hydroxylation is 1. The highest BCUT2D eigenvalue weighted by Gasteiger charge is 2.29. The van der Waals surface area contributed by atoms with E-state index >= 15 is 0 Å². The van der Waals surface area contributed by atoms with E-state index in [9.17, 15) is 9.59 Å². The molecule has 0 saturated carbocycles. The van der Waals surface area contributed by atoms with E-state index in [1.165, 1.54) is 0 Å². The number of nitrogens with zero attached hydrogens (tertiary/aromatic N) is 4. The lowest BCUT2D eigenvalue weighted by Crippen LogP contribution is -2.55. The lowest BCUT2D eigenvalue weighted by Gasteiger charge is -2.37. The molecule has 1 atom stereocenters. The summed E-state index contributed by atoms with van der Waals surface area (Å²) in [6.07, 6.45) is 0. The number of carbonyl (C=O) groups excluding carboxylic acids is 2. The molecule has 2 heterocycles. The van der Waals surface area contributed by atoms with Crippen LogP contribution >= 0.6 is 0 Å². The van der Waals surface area contributed by atoms with Crippen molar-refractivity contribution >= 4 is 17.6 Å². The fourth-order valence-electron chi connectivity index (χ4n) is 2.90. The van der Waals surface area contributed by atoms with Crippen molar-refractivity contribution in [1.82, 2.24) is 20.2 Å². The number of hydrogen-bond donors (Lipinski definition) is 1. The predicted octanol–water partition coefficient (Wildman–Crippen LogP) is 2.11. The van der Waals surface area contributed by atoms with Gasteiger partial charge in [-0.3, -0.25) is 9.59 Å². The Morgan fingerprint density at radius 1 is 1.07 bits per heavy atom. The molecule has 0 spiro atoms. The highest BCUT2D eigenvalue weighted by Crippen LogP contribution is 2.19. The zero-order valence-electron chi connectivity index (χ0n) is 17.7. The predicted molar refractivity (Wildman–Crippen MR) is 107 cm³/mol. The molecule has 0 radical (unpaired) electrons. The van der Waals surface area contributed by atoms with Gasteiger partial charge >= 0.3 is 0 Å². The number of amides is 2. The number of nitrogens with one attached hydrogen (secondary N) is 1. The van der Waals surface area contributed by atoms with E-state index < -0.39 is 11.5 Å². The summed E-state index contributed by atoms with van der Waals surface area (Å²) in [6.45, 7) is 16.1. The van der Waals surface area contributed by atoms with Gasteiger partial charge in [0.05, 0.1) is 0 Å². The van der Waals surface area contributed by atoms with Crippen molar-refractivity contribution in [3.05, 3.63) is 17.6 Å². The highest BCUT2D eigenvalue weighted by molar-refractivity contribution is 5.89. The molecular weight excluding hydrogens is 342 g/mol. The van der Waals surface area contributed by atoms with Crippen LogP contribution in [0.15, 0.2) is 6.07 Å². The Morgan fingerprint density at radius 2 is 1.67 bits per heavy atom. The molecule has 2 amide bonds. The third-order valence-electron chi connectivity index (χ3n) is 4.69. The topological polar surface area (TPSA) is 78.4 Å². The van der Waals surface area contributed by atoms with E-state index in [0.717, 1.165) is 30.4 Å². The summed E-state index contributed by atoms with van der Waals surface area (Å²) in [5.41, 5.74) is 0.451. The van der Waals surface area contributed by atoms with Crippen LogP contribution < -0.4 is 10.2 Å². The molecule has 0 bridgehead atoms. The van der Waals surface area contributed by atoms with Gasteiger partial charge in [0, 0.05) is 49.3 Å². The van der Waals surface area contributed by atoms with Crippen LogP contribution in [0.2, 0.25) is 0 Å². The lowest BCUT2D eigenvalue weighted by molar-refractivity contribution is -0.138. The van der Waals surface area contributed by atoms with Gasteiger partial charge in [-0.05, 0) is 13.8 Å². The van der Waals surface area contributed by atoms with Crippen molar-refractivity contribution in [3.8, 4) is 0 Å². The molecule has 1 fully saturated rings.